The molecule has 0 aliphatic heterocycles. The first-order chi connectivity index (χ1) is 5.24. The molecule has 2 nitrogen and oxygen atoms in total. The summed E-state index contributed by atoms with van der Waals surface area (Å²) in [5, 5.41) is 8.86. The molecular formula is C8H12N2S. The highest BCUT2D eigenvalue weighted by atomic mass is 32.2. The molecule has 0 saturated carbocycles. The molecule has 0 saturated heterocycles. The molecule has 1 aromatic rings. The summed E-state index contributed by atoms with van der Waals surface area (Å²) in [4.78, 5) is 0. The van der Waals surface area contributed by atoms with E-state index < -0.39 is 0 Å². The van der Waals surface area contributed by atoms with Gasteiger partial charge in [-0.2, -0.15) is 5.10 Å². The molecule has 0 N–H and O–H groups in total. The van der Waals surface area contributed by atoms with Gasteiger partial charge < -0.3 is 0 Å². The Morgan fingerprint density at radius 2 is 2.18 bits per heavy atom. The lowest BCUT2D eigenvalue weighted by Crippen LogP contribution is -1.92. The van der Waals surface area contributed by atoms with E-state index in [1.807, 2.05) is 12.5 Å². The topological polar surface area (TPSA) is 25.8 Å². The number of thioether (sulfide) groups is 1. The average Bonchev–Trinajstić information content (AvgIpc) is 2.05. The average molecular weight is 168 g/mol. The lowest BCUT2D eigenvalue weighted by Gasteiger charge is -2.03. The Bertz CT molecular complexity index is 235. The van der Waals surface area contributed by atoms with Crippen LogP contribution in [0.15, 0.2) is 17.3 Å². The summed E-state index contributed by atoms with van der Waals surface area (Å²) < 4.78 is 0. The Hall–Kier alpha value is -0.570. The third-order valence-corrected chi connectivity index (χ3v) is 2.15. The normalized spacial score (nSPS) is 10.5. The van der Waals surface area contributed by atoms with Crippen LogP contribution in [0.25, 0.3) is 0 Å². The van der Waals surface area contributed by atoms with Gasteiger partial charge >= 0.3 is 0 Å². The maximum atomic E-state index is 3.95. The van der Waals surface area contributed by atoms with Crippen LogP contribution in [0.1, 0.15) is 25.3 Å². The predicted molar refractivity (Wildman–Crippen MR) is 47.9 cm³/mol. The quantitative estimate of drug-likeness (QED) is 0.634. The molecule has 0 radical (unpaired) electrons. The Kier molecular flexibility index (Phi) is 2.88. The molecule has 0 bridgehead atoms. The Morgan fingerprint density at radius 1 is 1.45 bits per heavy atom. The van der Waals surface area contributed by atoms with Crippen LogP contribution in [0.3, 0.4) is 0 Å². The number of hydrogen-bond donors (Lipinski definition) is 0. The SMILES string of the molecule is CSc1cc(C(C)C)cnn1. The Balaban J connectivity index is 2.91. The van der Waals surface area contributed by atoms with E-state index in [9.17, 15) is 0 Å². The zero-order valence-corrected chi connectivity index (χ0v) is 7.85. The summed E-state index contributed by atoms with van der Waals surface area (Å²) in [6.07, 6.45) is 3.83. The predicted octanol–water partition coefficient (Wildman–Crippen LogP) is 2.32. The molecule has 0 aliphatic carbocycles. The highest BCUT2D eigenvalue weighted by Gasteiger charge is 2.00. The molecule has 0 atom stereocenters. The van der Waals surface area contributed by atoms with Crippen LogP contribution in [0.5, 0.6) is 0 Å². The molecule has 0 aliphatic rings. The van der Waals surface area contributed by atoms with Crippen LogP contribution < -0.4 is 0 Å². The van der Waals surface area contributed by atoms with Gasteiger partial charge in [0.1, 0.15) is 5.03 Å². The number of rotatable bonds is 2. The van der Waals surface area contributed by atoms with Gasteiger partial charge in [0.05, 0.1) is 6.20 Å². The Labute approximate surface area is 71.4 Å². The maximum absolute atomic E-state index is 3.95. The van der Waals surface area contributed by atoms with Crippen molar-refractivity contribution in [2.24, 2.45) is 0 Å². The first-order valence-electron chi connectivity index (χ1n) is 3.60. The van der Waals surface area contributed by atoms with Gasteiger partial charge in [0, 0.05) is 0 Å². The second-order valence-corrected chi connectivity index (χ2v) is 3.51. The van der Waals surface area contributed by atoms with E-state index in [4.69, 9.17) is 0 Å². The van der Waals surface area contributed by atoms with Gasteiger partial charge in [-0.1, -0.05) is 13.8 Å². The molecule has 0 spiro atoms. The fourth-order valence-electron chi connectivity index (χ4n) is 0.777. The lowest BCUT2D eigenvalue weighted by atomic mass is 10.1. The summed E-state index contributed by atoms with van der Waals surface area (Å²) in [5.41, 5.74) is 1.25. The van der Waals surface area contributed by atoms with Gasteiger partial charge in [-0.05, 0) is 23.8 Å². The van der Waals surface area contributed by atoms with Crippen molar-refractivity contribution in [3.8, 4) is 0 Å². The van der Waals surface area contributed by atoms with E-state index in [0.717, 1.165) is 5.03 Å². The smallest absolute Gasteiger partial charge is 0.119 e. The molecule has 1 aromatic heterocycles. The molecule has 0 unspecified atom stereocenters. The van der Waals surface area contributed by atoms with Crippen molar-refractivity contribution >= 4 is 11.8 Å². The van der Waals surface area contributed by atoms with Crippen LogP contribution in [-0.4, -0.2) is 16.5 Å². The maximum Gasteiger partial charge on any atom is 0.119 e. The Morgan fingerprint density at radius 3 is 2.73 bits per heavy atom. The molecule has 1 rings (SSSR count). The highest BCUT2D eigenvalue weighted by molar-refractivity contribution is 7.98. The van der Waals surface area contributed by atoms with E-state index in [1.165, 1.54) is 5.56 Å². The van der Waals surface area contributed by atoms with Gasteiger partial charge in [0.15, 0.2) is 0 Å². The lowest BCUT2D eigenvalue weighted by molar-refractivity contribution is 0.815. The minimum absolute atomic E-state index is 0.538. The summed E-state index contributed by atoms with van der Waals surface area (Å²) >= 11 is 1.63. The molecule has 60 valence electrons. The van der Waals surface area contributed by atoms with Crippen LogP contribution in [-0.2, 0) is 0 Å². The van der Waals surface area contributed by atoms with Crippen molar-refractivity contribution < 1.29 is 0 Å². The second kappa shape index (κ2) is 3.72. The summed E-state index contributed by atoms with van der Waals surface area (Å²) in [6, 6.07) is 2.09. The van der Waals surface area contributed by atoms with E-state index in [2.05, 4.69) is 30.1 Å². The first-order valence-corrected chi connectivity index (χ1v) is 4.83. The molecule has 0 fully saturated rings. The molecule has 11 heavy (non-hydrogen) atoms. The monoisotopic (exact) mass is 168 g/mol. The molecule has 0 amide bonds. The number of nitrogens with zero attached hydrogens (tertiary/aromatic N) is 2. The number of hydrogen-bond acceptors (Lipinski definition) is 3. The second-order valence-electron chi connectivity index (χ2n) is 2.69. The van der Waals surface area contributed by atoms with Crippen molar-refractivity contribution in [2.45, 2.75) is 24.8 Å². The molecule has 3 heteroatoms. The van der Waals surface area contributed by atoms with Crippen molar-refractivity contribution in [1.82, 2.24) is 10.2 Å². The van der Waals surface area contributed by atoms with Gasteiger partial charge in [0.2, 0.25) is 0 Å². The third kappa shape index (κ3) is 2.19. The summed E-state index contributed by atoms with van der Waals surface area (Å²) in [6.45, 7) is 4.31. The van der Waals surface area contributed by atoms with E-state index in [-0.39, 0.29) is 0 Å². The van der Waals surface area contributed by atoms with Gasteiger partial charge in [-0.25, -0.2) is 0 Å². The van der Waals surface area contributed by atoms with Gasteiger partial charge in [0.25, 0.3) is 0 Å². The minimum atomic E-state index is 0.538. The standard InChI is InChI=1S/C8H12N2S/c1-6(2)7-4-8(11-3)10-9-5-7/h4-6H,1-3H3. The molecule has 1 heterocycles. The zero-order chi connectivity index (χ0) is 8.27. The summed E-state index contributed by atoms with van der Waals surface area (Å²) in [7, 11) is 0. The van der Waals surface area contributed by atoms with Crippen LogP contribution in [0, 0.1) is 0 Å². The van der Waals surface area contributed by atoms with Gasteiger partial charge in [-0.15, -0.1) is 16.9 Å². The number of aromatic nitrogens is 2. The fourth-order valence-corrected chi connectivity index (χ4v) is 1.16. The summed E-state index contributed by atoms with van der Waals surface area (Å²) in [5.74, 6) is 0.538. The van der Waals surface area contributed by atoms with Crippen molar-refractivity contribution in [3.63, 3.8) is 0 Å². The van der Waals surface area contributed by atoms with E-state index in [0.29, 0.717) is 5.92 Å². The minimum Gasteiger partial charge on any atom is -0.158 e. The van der Waals surface area contributed by atoms with Crippen LogP contribution in [0.4, 0.5) is 0 Å². The third-order valence-electron chi connectivity index (χ3n) is 1.53. The van der Waals surface area contributed by atoms with Crippen LogP contribution >= 0.6 is 11.8 Å². The van der Waals surface area contributed by atoms with Crippen molar-refractivity contribution in [1.29, 1.82) is 0 Å². The fraction of sp³-hybridized carbons (Fsp3) is 0.500. The molecular weight excluding hydrogens is 156 g/mol. The molecule has 0 aromatic carbocycles. The highest BCUT2D eigenvalue weighted by Crippen LogP contribution is 2.17. The first kappa shape index (κ1) is 8.53. The van der Waals surface area contributed by atoms with Gasteiger partial charge in [-0.3, -0.25) is 0 Å². The van der Waals surface area contributed by atoms with Crippen molar-refractivity contribution in [2.75, 3.05) is 6.26 Å². The van der Waals surface area contributed by atoms with E-state index >= 15 is 0 Å². The van der Waals surface area contributed by atoms with Crippen LogP contribution in [0.2, 0.25) is 0 Å². The zero-order valence-electron chi connectivity index (χ0n) is 7.03. The van der Waals surface area contributed by atoms with E-state index in [1.54, 1.807) is 11.8 Å². The van der Waals surface area contributed by atoms with Crippen molar-refractivity contribution in [3.05, 3.63) is 17.8 Å². The largest absolute Gasteiger partial charge is 0.158 e.